The molecular formula is C21H10Cl2FN3O5S. The van der Waals surface area contributed by atoms with E-state index in [-0.39, 0.29) is 49.2 Å². The Hall–Kier alpha value is -3.60. The third-order valence-electron chi connectivity index (χ3n) is 4.60. The highest BCUT2D eigenvalue weighted by Crippen LogP contribution is 2.33. The van der Waals surface area contributed by atoms with Gasteiger partial charge in [0.1, 0.15) is 22.9 Å². The second-order valence-corrected chi connectivity index (χ2v) is 7.88. The Morgan fingerprint density at radius 2 is 1.85 bits per heavy atom. The van der Waals surface area contributed by atoms with E-state index in [1.54, 1.807) is 0 Å². The Bertz CT molecular complexity index is 1390. The first kappa shape index (κ1) is 22.6. The van der Waals surface area contributed by atoms with Gasteiger partial charge in [-0.3, -0.25) is 29.9 Å². The topological polar surface area (TPSA) is 106 Å². The van der Waals surface area contributed by atoms with Crippen LogP contribution in [-0.2, 0) is 9.59 Å². The fraction of sp³-hybridized carbons (Fsp3) is 0. The Morgan fingerprint density at radius 1 is 1.09 bits per heavy atom. The van der Waals surface area contributed by atoms with Crippen molar-refractivity contribution in [3.8, 4) is 11.3 Å². The summed E-state index contributed by atoms with van der Waals surface area (Å²) in [6, 6.07) is 10.4. The van der Waals surface area contributed by atoms with Crippen LogP contribution in [-0.4, -0.2) is 21.9 Å². The zero-order valence-corrected chi connectivity index (χ0v) is 18.5. The predicted octanol–water partition coefficient (Wildman–Crippen LogP) is 5.13. The average molecular weight is 506 g/mol. The summed E-state index contributed by atoms with van der Waals surface area (Å²) in [6.45, 7) is 0. The summed E-state index contributed by atoms with van der Waals surface area (Å²) in [5.74, 6) is -1.93. The van der Waals surface area contributed by atoms with Gasteiger partial charge in [0.2, 0.25) is 0 Å². The molecule has 1 aromatic heterocycles. The molecule has 1 N–H and O–H groups in total. The number of benzene rings is 2. The van der Waals surface area contributed by atoms with Crippen molar-refractivity contribution in [2.45, 2.75) is 0 Å². The summed E-state index contributed by atoms with van der Waals surface area (Å²) in [6.07, 6.45) is 1.19. The van der Waals surface area contributed by atoms with Gasteiger partial charge >= 0.3 is 0 Å². The summed E-state index contributed by atoms with van der Waals surface area (Å²) in [5.41, 5.74) is -0.0748. The van der Waals surface area contributed by atoms with Crippen molar-refractivity contribution in [3.05, 3.63) is 85.8 Å². The molecule has 1 aliphatic heterocycles. The number of halogens is 3. The molecule has 0 saturated carbocycles. The first-order chi connectivity index (χ1) is 15.7. The molecule has 0 atom stereocenters. The van der Waals surface area contributed by atoms with Gasteiger partial charge in [-0.1, -0.05) is 23.2 Å². The zero-order valence-electron chi connectivity index (χ0n) is 16.2. The molecule has 1 saturated heterocycles. The average Bonchev–Trinajstić information content (AvgIpc) is 3.22. The number of nitro benzene ring substituents is 1. The lowest BCUT2D eigenvalue weighted by Gasteiger charge is -2.28. The van der Waals surface area contributed by atoms with Gasteiger partial charge in [-0.05, 0) is 54.7 Å². The van der Waals surface area contributed by atoms with Crippen LogP contribution in [0.5, 0.6) is 0 Å². The van der Waals surface area contributed by atoms with Crippen LogP contribution in [0.25, 0.3) is 17.4 Å². The number of anilines is 1. The molecule has 4 rings (SSSR count). The molecule has 1 fully saturated rings. The highest BCUT2D eigenvalue weighted by molar-refractivity contribution is 7.80. The van der Waals surface area contributed by atoms with Crippen molar-refractivity contribution in [2.24, 2.45) is 0 Å². The highest BCUT2D eigenvalue weighted by atomic mass is 35.5. The van der Waals surface area contributed by atoms with Crippen LogP contribution in [0.1, 0.15) is 5.76 Å². The van der Waals surface area contributed by atoms with E-state index in [9.17, 15) is 24.1 Å². The number of thiocarbonyl (C=S) groups is 1. The van der Waals surface area contributed by atoms with Gasteiger partial charge in [0.25, 0.3) is 17.5 Å². The fourth-order valence-corrected chi connectivity index (χ4v) is 3.72. The first-order valence-corrected chi connectivity index (χ1v) is 10.2. The number of carbonyl (C=O) groups excluding carboxylic acids is 2. The molecule has 0 bridgehead atoms. The quantitative estimate of drug-likeness (QED) is 0.173. The number of nitrogens with zero attached hydrogens (tertiary/aromatic N) is 2. The minimum Gasteiger partial charge on any atom is -0.457 e. The fourth-order valence-electron chi connectivity index (χ4n) is 3.05. The zero-order chi connectivity index (χ0) is 23.9. The van der Waals surface area contributed by atoms with E-state index in [2.05, 4.69) is 5.32 Å². The highest BCUT2D eigenvalue weighted by Gasteiger charge is 2.35. The van der Waals surface area contributed by atoms with Crippen LogP contribution in [0.3, 0.4) is 0 Å². The number of rotatable bonds is 4. The Balaban J connectivity index is 1.70. The third-order valence-corrected chi connectivity index (χ3v) is 5.51. The van der Waals surface area contributed by atoms with Gasteiger partial charge in [0.15, 0.2) is 5.11 Å². The minimum atomic E-state index is -0.780. The van der Waals surface area contributed by atoms with Crippen LogP contribution in [0.4, 0.5) is 15.8 Å². The number of furan rings is 1. The van der Waals surface area contributed by atoms with E-state index in [1.165, 1.54) is 48.5 Å². The Kier molecular flexibility index (Phi) is 5.98. The van der Waals surface area contributed by atoms with E-state index in [0.717, 1.165) is 11.0 Å². The van der Waals surface area contributed by atoms with Crippen molar-refractivity contribution in [1.29, 1.82) is 0 Å². The van der Waals surface area contributed by atoms with Crippen LogP contribution >= 0.6 is 35.4 Å². The van der Waals surface area contributed by atoms with Gasteiger partial charge in [-0.25, -0.2) is 4.39 Å². The lowest BCUT2D eigenvalue weighted by molar-refractivity contribution is -0.384. The summed E-state index contributed by atoms with van der Waals surface area (Å²) in [4.78, 5) is 36.9. The van der Waals surface area contributed by atoms with Crippen molar-refractivity contribution in [1.82, 2.24) is 5.32 Å². The molecule has 1 aliphatic rings. The number of non-ortho nitro benzene ring substituents is 1. The van der Waals surface area contributed by atoms with Crippen LogP contribution in [0.15, 0.2) is 58.5 Å². The van der Waals surface area contributed by atoms with E-state index in [0.29, 0.717) is 0 Å². The molecule has 12 heteroatoms. The molecule has 0 spiro atoms. The van der Waals surface area contributed by atoms with Gasteiger partial charge < -0.3 is 4.42 Å². The maximum absolute atomic E-state index is 13.5. The second kappa shape index (κ2) is 8.74. The van der Waals surface area contributed by atoms with Crippen molar-refractivity contribution >= 4 is 69.8 Å². The predicted molar refractivity (Wildman–Crippen MR) is 123 cm³/mol. The molecule has 2 heterocycles. The SMILES string of the molecule is O=C1NC(=S)N(c2ccc(F)c(Cl)c2)C(=O)/C1=C/c1ccc(-c2cc([N+](=O)[O-])ccc2Cl)o1. The van der Waals surface area contributed by atoms with Gasteiger partial charge in [-0.15, -0.1) is 0 Å². The van der Waals surface area contributed by atoms with Crippen molar-refractivity contribution in [3.63, 3.8) is 0 Å². The lowest BCUT2D eigenvalue weighted by atomic mass is 10.1. The molecule has 0 aliphatic carbocycles. The third kappa shape index (κ3) is 4.36. The summed E-state index contributed by atoms with van der Waals surface area (Å²) >= 11 is 17.0. The molecule has 33 heavy (non-hydrogen) atoms. The number of nitro groups is 1. The van der Waals surface area contributed by atoms with Crippen molar-refractivity contribution in [2.75, 3.05) is 4.90 Å². The summed E-state index contributed by atoms with van der Waals surface area (Å²) in [7, 11) is 0. The number of hydrogen-bond acceptors (Lipinski definition) is 6. The van der Waals surface area contributed by atoms with Crippen LogP contribution in [0.2, 0.25) is 10.0 Å². The molecule has 2 amide bonds. The van der Waals surface area contributed by atoms with Gasteiger partial charge in [-0.2, -0.15) is 0 Å². The number of nitrogens with one attached hydrogen (secondary N) is 1. The van der Waals surface area contributed by atoms with E-state index in [4.69, 9.17) is 39.8 Å². The smallest absolute Gasteiger partial charge is 0.270 e. The van der Waals surface area contributed by atoms with Gasteiger partial charge in [0, 0.05) is 17.7 Å². The van der Waals surface area contributed by atoms with E-state index >= 15 is 0 Å². The number of hydrogen-bond donors (Lipinski definition) is 1. The second-order valence-electron chi connectivity index (χ2n) is 6.68. The molecule has 2 aromatic carbocycles. The molecular weight excluding hydrogens is 496 g/mol. The standard InChI is InChI=1S/C21H10Cl2FN3O5S/c22-15-4-1-11(27(30)31)7-13(15)18-6-3-12(32-18)9-14-19(28)25-21(33)26(20(14)29)10-2-5-17(24)16(23)8-10/h1-9H,(H,25,28,33)/b14-9+. The molecule has 0 unspecified atom stereocenters. The summed E-state index contributed by atoms with van der Waals surface area (Å²) in [5, 5.41) is 13.2. The van der Waals surface area contributed by atoms with Crippen LogP contribution in [0, 0.1) is 15.9 Å². The molecule has 3 aromatic rings. The maximum atomic E-state index is 13.5. The molecule has 8 nitrogen and oxygen atoms in total. The van der Waals surface area contributed by atoms with E-state index < -0.39 is 22.6 Å². The van der Waals surface area contributed by atoms with Crippen LogP contribution < -0.4 is 10.2 Å². The number of amides is 2. The molecule has 166 valence electrons. The Morgan fingerprint density at radius 3 is 2.55 bits per heavy atom. The van der Waals surface area contributed by atoms with Crippen molar-refractivity contribution < 1.29 is 23.3 Å². The largest absolute Gasteiger partial charge is 0.457 e. The first-order valence-electron chi connectivity index (χ1n) is 9.06. The maximum Gasteiger partial charge on any atom is 0.270 e. The molecule has 0 radical (unpaired) electrons. The minimum absolute atomic E-state index is 0.107. The van der Waals surface area contributed by atoms with Gasteiger partial charge in [0.05, 0.1) is 20.7 Å². The lowest BCUT2D eigenvalue weighted by Crippen LogP contribution is -2.54. The number of carbonyl (C=O) groups is 2. The summed E-state index contributed by atoms with van der Waals surface area (Å²) < 4.78 is 19.2. The normalized spacial score (nSPS) is 15.2. The Labute approximate surface area is 200 Å². The monoisotopic (exact) mass is 505 g/mol. The van der Waals surface area contributed by atoms with E-state index in [1.807, 2.05) is 0 Å².